The molecule has 10 heteroatoms. The maximum Gasteiger partial charge on any atom is 1.00 e. The first-order chi connectivity index (χ1) is 3.46. The molecule has 0 heterocycles. The molecular weight excluding hydrogens is 221 g/mol. The average Bonchev–Trinajstić information content (AvgIpc) is 1.25. The Balaban J connectivity index is -0.0000000112. The van der Waals surface area contributed by atoms with Gasteiger partial charge in [-0.1, -0.05) is 0 Å². The third kappa shape index (κ3) is 330. The maximum atomic E-state index is 8.44. The summed E-state index contributed by atoms with van der Waals surface area (Å²) < 4.78 is 0. The van der Waals surface area contributed by atoms with Crippen LogP contribution in [-0.2, 0) is 0 Å². The van der Waals surface area contributed by atoms with Crippen LogP contribution in [0.5, 0.6) is 0 Å². The minimum atomic E-state index is -2.33. The van der Waals surface area contributed by atoms with Gasteiger partial charge in [0.15, 0.2) is 0 Å². The van der Waals surface area contributed by atoms with E-state index in [2.05, 4.69) is 0 Å². The van der Waals surface area contributed by atoms with Gasteiger partial charge < -0.3 is 35.5 Å². The van der Waals surface area contributed by atoms with Crippen molar-refractivity contribution in [2.75, 3.05) is 0 Å². The Morgan fingerprint density at radius 1 is 1.00 bits per heavy atom. The summed E-state index contributed by atoms with van der Waals surface area (Å²) in [7, 11) is 0. The van der Waals surface area contributed by atoms with E-state index >= 15 is 0 Å². The Morgan fingerprint density at radius 2 is 1.00 bits per heavy atom. The van der Waals surface area contributed by atoms with E-state index in [0.29, 0.717) is 0 Å². The molecule has 0 aromatic carbocycles. The Kier molecular flexibility index (Phi) is 89.8. The molecule has 0 aliphatic heterocycles. The molecule has 0 aromatic rings. The summed E-state index contributed by atoms with van der Waals surface area (Å²) in [5.74, 6) is 0. The molecular formula is C2H3KNa2O7. The molecule has 12 heavy (non-hydrogen) atoms. The minimum absolute atomic E-state index is 0. The van der Waals surface area contributed by atoms with Gasteiger partial charge in [0.25, 0.3) is 0 Å². The van der Waals surface area contributed by atoms with Crippen LogP contribution < -0.4 is 126 Å². The number of hydrogen-bond donors (Lipinski definition) is 1. The zero-order valence-electron chi connectivity index (χ0n) is 6.99. The van der Waals surface area contributed by atoms with Crippen LogP contribution in [0.4, 0.5) is 9.59 Å². The average molecular weight is 224 g/mol. The molecule has 0 saturated heterocycles. The fraction of sp³-hybridized carbons (Fsp3) is 0. The van der Waals surface area contributed by atoms with Crippen LogP contribution in [0.3, 0.4) is 0 Å². The van der Waals surface area contributed by atoms with E-state index in [9.17, 15) is 0 Å². The second-order valence-electron chi connectivity index (χ2n) is 0.516. The predicted molar refractivity (Wildman–Crippen MR) is 17.0 cm³/mol. The standard InChI is InChI=1S/2CH2O3.K.2Na.H2O/c2*2-1(3)4;;;;/h2*(H2,2,3,4);;;;1H2/q;;3*+1;/p-3. The van der Waals surface area contributed by atoms with E-state index in [1.807, 2.05) is 0 Å². The van der Waals surface area contributed by atoms with Crippen LogP contribution in [0.15, 0.2) is 0 Å². The molecule has 0 saturated carbocycles. The largest absolute Gasteiger partial charge is 1.00 e. The summed E-state index contributed by atoms with van der Waals surface area (Å²) in [6, 6.07) is 0. The summed E-state index contributed by atoms with van der Waals surface area (Å²) in [5, 5.41) is 32.0. The van der Waals surface area contributed by atoms with Crippen molar-refractivity contribution in [3.05, 3.63) is 0 Å². The normalized spacial score (nSPS) is 4.00. The van der Waals surface area contributed by atoms with Gasteiger partial charge in [-0.25, -0.2) is 0 Å². The van der Waals surface area contributed by atoms with Crippen LogP contribution in [0.25, 0.3) is 0 Å². The predicted octanol–water partition coefficient (Wildman–Crippen LogP) is -13.4. The molecule has 0 radical (unpaired) electrons. The quantitative estimate of drug-likeness (QED) is 0.402. The van der Waals surface area contributed by atoms with E-state index in [1.165, 1.54) is 0 Å². The van der Waals surface area contributed by atoms with Crippen molar-refractivity contribution in [2.45, 2.75) is 0 Å². The van der Waals surface area contributed by atoms with Crippen molar-refractivity contribution >= 4 is 12.3 Å². The molecule has 0 unspecified atom stereocenters. The van der Waals surface area contributed by atoms with Gasteiger partial charge in [-0.15, -0.1) is 0 Å². The summed E-state index contributed by atoms with van der Waals surface area (Å²) in [6.45, 7) is 0. The topological polar surface area (TPSA) is 155 Å². The van der Waals surface area contributed by atoms with Gasteiger partial charge in [0.1, 0.15) is 0 Å². The first kappa shape index (κ1) is 36.8. The molecule has 3 N–H and O–H groups in total. The van der Waals surface area contributed by atoms with Crippen molar-refractivity contribution in [1.82, 2.24) is 0 Å². The van der Waals surface area contributed by atoms with Gasteiger partial charge in [0.05, 0.1) is 0 Å². The fourth-order valence-corrected chi connectivity index (χ4v) is 0. The maximum absolute atomic E-state index is 8.44. The molecule has 0 aromatic heterocycles. The van der Waals surface area contributed by atoms with Crippen molar-refractivity contribution in [3.8, 4) is 0 Å². The number of carboxylic acid groups (broad SMARTS) is 4. The summed E-state index contributed by atoms with van der Waals surface area (Å²) in [5.41, 5.74) is 0. The van der Waals surface area contributed by atoms with Gasteiger partial charge in [0.2, 0.25) is 6.16 Å². The van der Waals surface area contributed by atoms with Gasteiger partial charge in [-0.05, 0) is 6.16 Å². The minimum Gasteiger partial charge on any atom is -0.652 e. The molecule has 0 fully saturated rings. The Bertz CT molecular complexity index is 77.4. The van der Waals surface area contributed by atoms with Crippen LogP contribution in [0, 0.1) is 0 Å². The molecule has 56 valence electrons. The SMILES string of the molecule is O.O=C([O-])O.O=C([O-])[O-].[K+].[Na+].[Na+]. The van der Waals surface area contributed by atoms with Crippen molar-refractivity contribution in [1.29, 1.82) is 0 Å². The van der Waals surface area contributed by atoms with E-state index in [-0.39, 0.29) is 116 Å². The van der Waals surface area contributed by atoms with E-state index in [4.69, 9.17) is 30.0 Å². The molecule has 0 rings (SSSR count). The van der Waals surface area contributed by atoms with Crippen LogP contribution >= 0.6 is 0 Å². The third-order valence-electron chi connectivity index (χ3n) is 0. The van der Waals surface area contributed by atoms with E-state index < -0.39 is 12.3 Å². The number of hydrogen-bond acceptors (Lipinski definition) is 5. The summed E-state index contributed by atoms with van der Waals surface area (Å²) >= 11 is 0. The van der Waals surface area contributed by atoms with Crippen molar-refractivity contribution < 1.29 is 146 Å². The summed E-state index contributed by atoms with van der Waals surface area (Å²) in [6.07, 6.45) is -4.42. The zero-order valence-corrected chi connectivity index (χ0v) is 14.1. The Morgan fingerprint density at radius 3 is 1.00 bits per heavy atom. The van der Waals surface area contributed by atoms with Gasteiger partial charge in [-0.2, -0.15) is 0 Å². The van der Waals surface area contributed by atoms with Crippen molar-refractivity contribution in [2.24, 2.45) is 0 Å². The van der Waals surface area contributed by atoms with Crippen LogP contribution in [0.2, 0.25) is 0 Å². The van der Waals surface area contributed by atoms with E-state index in [0.717, 1.165) is 0 Å². The van der Waals surface area contributed by atoms with Gasteiger partial charge in [-0.3, -0.25) is 0 Å². The first-order valence-corrected chi connectivity index (χ1v) is 1.24. The molecule has 0 aliphatic carbocycles. The third-order valence-corrected chi connectivity index (χ3v) is 0. The molecule has 0 bridgehead atoms. The molecule has 0 atom stereocenters. The first-order valence-electron chi connectivity index (χ1n) is 1.24. The number of rotatable bonds is 0. The van der Waals surface area contributed by atoms with Gasteiger partial charge in [0, 0.05) is 0 Å². The molecule has 0 amide bonds. The zero-order chi connectivity index (χ0) is 7.15. The summed E-state index contributed by atoms with van der Waals surface area (Å²) in [4.78, 5) is 16.8. The van der Waals surface area contributed by atoms with Gasteiger partial charge >= 0.3 is 110 Å². The molecule has 0 spiro atoms. The second-order valence-corrected chi connectivity index (χ2v) is 0.516. The monoisotopic (exact) mass is 224 g/mol. The smallest absolute Gasteiger partial charge is 0.652 e. The van der Waals surface area contributed by atoms with Crippen LogP contribution in [0.1, 0.15) is 0 Å². The van der Waals surface area contributed by atoms with Crippen LogP contribution in [-0.4, -0.2) is 22.9 Å². The van der Waals surface area contributed by atoms with Crippen molar-refractivity contribution in [3.63, 3.8) is 0 Å². The Hall–Kier alpha value is 2.14. The number of carbonyl (C=O) groups is 2. The second kappa shape index (κ2) is 29.2. The molecule has 7 nitrogen and oxygen atoms in total. The molecule has 0 aliphatic rings. The fourth-order valence-electron chi connectivity index (χ4n) is 0. The number of carbonyl (C=O) groups excluding carboxylic acids is 1. The Labute approximate surface area is 155 Å². The van der Waals surface area contributed by atoms with E-state index in [1.54, 1.807) is 0 Å².